The number of rotatable bonds is 6. The molecular weight excluding hydrogens is 380 g/mol. The van der Waals surface area contributed by atoms with Crippen LogP contribution in [0.3, 0.4) is 0 Å². The van der Waals surface area contributed by atoms with Crippen molar-refractivity contribution in [3.05, 3.63) is 84.9 Å². The van der Waals surface area contributed by atoms with Crippen LogP contribution in [-0.4, -0.2) is 26.4 Å². The number of hydrogen-bond acceptors (Lipinski definition) is 4. The molecule has 0 aliphatic heterocycles. The first-order chi connectivity index (χ1) is 14.2. The fourth-order valence-corrected chi connectivity index (χ4v) is 3.77. The Hall–Kier alpha value is -3.38. The van der Waals surface area contributed by atoms with Crippen LogP contribution in [0.2, 0.25) is 0 Å². The normalized spacial score (nSPS) is 10.7. The third-order valence-electron chi connectivity index (χ3n) is 4.49. The maximum Gasteiger partial charge on any atom is 0.234 e. The van der Waals surface area contributed by atoms with E-state index in [0.717, 1.165) is 28.2 Å². The second-order valence-electron chi connectivity index (χ2n) is 6.48. The summed E-state index contributed by atoms with van der Waals surface area (Å²) in [6.45, 7) is 0. The Labute approximate surface area is 173 Å². The predicted molar refractivity (Wildman–Crippen MR) is 118 cm³/mol. The van der Waals surface area contributed by atoms with Gasteiger partial charge in [0.05, 0.1) is 5.75 Å². The number of thioether (sulfide) groups is 1. The molecule has 0 aliphatic rings. The molecule has 0 saturated carbocycles. The SMILES string of the molecule is Cn1c(SCC(=O)Nc2ccccc2-c2ccccc2)nnc1-c1ccccc1. The van der Waals surface area contributed by atoms with Crippen molar-refractivity contribution in [3.8, 4) is 22.5 Å². The highest BCUT2D eigenvalue weighted by Gasteiger charge is 2.14. The number of para-hydroxylation sites is 1. The zero-order valence-electron chi connectivity index (χ0n) is 15.9. The smallest absolute Gasteiger partial charge is 0.234 e. The van der Waals surface area contributed by atoms with Crippen molar-refractivity contribution in [2.75, 3.05) is 11.1 Å². The van der Waals surface area contributed by atoms with Gasteiger partial charge in [-0.05, 0) is 11.6 Å². The standard InChI is InChI=1S/C23H20N4OS/c1-27-22(18-12-6-3-7-13-18)25-26-23(27)29-16-21(28)24-20-15-9-8-14-19(20)17-10-4-2-5-11-17/h2-15H,16H2,1H3,(H,24,28). The topological polar surface area (TPSA) is 59.8 Å². The summed E-state index contributed by atoms with van der Waals surface area (Å²) in [5.74, 6) is 0.953. The Morgan fingerprint density at radius 3 is 2.21 bits per heavy atom. The van der Waals surface area contributed by atoms with Gasteiger partial charge in [-0.25, -0.2) is 0 Å². The minimum Gasteiger partial charge on any atom is -0.325 e. The van der Waals surface area contributed by atoms with Gasteiger partial charge in [-0.15, -0.1) is 10.2 Å². The second kappa shape index (κ2) is 8.75. The number of nitrogens with one attached hydrogen (secondary N) is 1. The number of nitrogens with zero attached hydrogens (tertiary/aromatic N) is 3. The van der Waals surface area contributed by atoms with Crippen molar-refractivity contribution in [3.63, 3.8) is 0 Å². The minimum atomic E-state index is -0.0809. The number of carbonyl (C=O) groups is 1. The first-order valence-corrected chi connectivity index (χ1v) is 10.2. The molecule has 29 heavy (non-hydrogen) atoms. The molecular formula is C23H20N4OS. The number of aromatic nitrogens is 3. The van der Waals surface area contributed by atoms with Gasteiger partial charge < -0.3 is 9.88 Å². The maximum absolute atomic E-state index is 12.6. The molecule has 0 atom stereocenters. The first-order valence-electron chi connectivity index (χ1n) is 9.24. The number of anilines is 1. The molecule has 0 aliphatic carbocycles. The highest BCUT2D eigenvalue weighted by Crippen LogP contribution is 2.28. The average Bonchev–Trinajstić information content (AvgIpc) is 3.14. The van der Waals surface area contributed by atoms with Gasteiger partial charge in [-0.3, -0.25) is 4.79 Å². The Kier molecular flexibility index (Phi) is 5.72. The van der Waals surface area contributed by atoms with Crippen LogP contribution in [0, 0.1) is 0 Å². The molecule has 6 heteroatoms. The van der Waals surface area contributed by atoms with Crippen LogP contribution in [0.15, 0.2) is 90.1 Å². The van der Waals surface area contributed by atoms with E-state index in [1.807, 2.05) is 96.5 Å². The summed E-state index contributed by atoms with van der Waals surface area (Å²) in [4.78, 5) is 12.6. The lowest BCUT2D eigenvalue weighted by atomic mass is 10.0. The molecule has 4 rings (SSSR count). The molecule has 0 bridgehead atoms. The zero-order chi connectivity index (χ0) is 20.1. The Bertz CT molecular complexity index is 1110. The molecule has 0 fully saturated rings. The van der Waals surface area contributed by atoms with Gasteiger partial charge in [-0.1, -0.05) is 90.6 Å². The van der Waals surface area contributed by atoms with Crippen LogP contribution in [0.5, 0.6) is 0 Å². The van der Waals surface area contributed by atoms with E-state index in [0.29, 0.717) is 5.16 Å². The van der Waals surface area contributed by atoms with Crippen LogP contribution in [0.25, 0.3) is 22.5 Å². The quantitative estimate of drug-likeness (QED) is 0.469. The molecule has 1 aromatic heterocycles. The Morgan fingerprint density at radius 2 is 1.48 bits per heavy atom. The molecule has 4 aromatic rings. The molecule has 3 aromatic carbocycles. The van der Waals surface area contributed by atoms with Crippen molar-refractivity contribution in [2.24, 2.45) is 7.05 Å². The molecule has 1 amide bonds. The van der Waals surface area contributed by atoms with Crippen LogP contribution >= 0.6 is 11.8 Å². The molecule has 5 nitrogen and oxygen atoms in total. The largest absolute Gasteiger partial charge is 0.325 e. The summed E-state index contributed by atoms with van der Waals surface area (Å²) >= 11 is 1.37. The molecule has 0 radical (unpaired) electrons. The van der Waals surface area contributed by atoms with Gasteiger partial charge in [-0.2, -0.15) is 0 Å². The van der Waals surface area contributed by atoms with E-state index in [-0.39, 0.29) is 11.7 Å². The van der Waals surface area contributed by atoms with Gasteiger partial charge in [0.2, 0.25) is 5.91 Å². The number of carbonyl (C=O) groups excluding carboxylic acids is 1. The Balaban J connectivity index is 1.44. The van der Waals surface area contributed by atoms with E-state index in [2.05, 4.69) is 15.5 Å². The molecule has 1 N–H and O–H groups in total. The second-order valence-corrected chi connectivity index (χ2v) is 7.42. The average molecular weight is 401 g/mol. The van der Waals surface area contributed by atoms with Crippen LogP contribution in [0.1, 0.15) is 0 Å². The third kappa shape index (κ3) is 4.38. The van der Waals surface area contributed by atoms with Crippen LogP contribution in [0.4, 0.5) is 5.69 Å². The van der Waals surface area contributed by atoms with Crippen molar-refractivity contribution < 1.29 is 4.79 Å². The summed E-state index contributed by atoms with van der Waals surface area (Å²) < 4.78 is 1.91. The summed E-state index contributed by atoms with van der Waals surface area (Å²) in [6.07, 6.45) is 0. The lowest BCUT2D eigenvalue weighted by molar-refractivity contribution is -0.113. The molecule has 0 unspecified atom stereocenters. The van der Waals surface area contributed by atoms with Crippen LogP contribution in [-0.2, 0) is 11.8 Å². The van der Waals surface area contributed by atoms with E-state index in [1.54, 1.807) is 0 Å². The van der Waals surface area contributed by atoms with E-state index in [1.165, 1.54) is 11.8 Å². The van der Waals surface area contributed by atoms with Crippen molar-refractivity contribution >= 4 is 23.4 Å². The van der Waals surface area contributed by atoms with E-state index >= 15 is 0 Å². The number of benzene rings is 3. The van der Waals surface area contributed by atoms with Crippen molar-refractivity contribution in [2.45, 2.75) is 5.16 Å². The van der Waals surface area contributed by atoms with Gasteiger partial charge in [0.25, 0.3) is 0 Å². The Morgan fingerprint density at radius 1 is 0.862 bits per heavy atom. The summed E-state index contributed by atoms with van der Waals surface area (Å²) in [6, 6.07) is 27.7. The number of hydrogen-bond donors (Lipinski definition) is 1. The van der Waals surface area contributed by atoms with Gasteiger partial charge in [0.1, 0.15) is 0 Å². The number of amides is 1. The van der Waals surface area contributed by atoms with Gasteiger partial charge in [0.15, 0.2) is 11.0 Å². The highest BCUT2D eigenvalue weighted by molar-refractivity contribution is 7.99. The molecule has 144 valence electrons. The predicted octanol–water partition coefficient (Wildman–Crippen LogP) is 4.88. The van der Waals surface area contributed by atoms with Gasteiger partial charge >= 0.3 is 0 Å². The lowest BCUT2D eigenvalue weighted by Crippen LogP contribution is -2.15. The van der Waals surface area contributed by atoms with E-state index in [4.69, 9.17) is 0 Å². The molecule has 1 heterocycles. The molecule has 0 saturated heterocycles. The fourth-order valence-electron chi connectivity index (χ4n) is 3.06. The maximum atomic E-state index is 12.6. The zero-order valence-corrected chi connectivity index (χ0v) is 16.8. The first kappa shape index (κ1) is 19.0. The van der Waals surface area contributed by atoms with Crippen LogP contribution < -0.4 is 5.32 Å². The van der Waals surface area contributed by atoms with Gasteiger partial charge in [0, 0.05) is 23.9 Å². The van der Waals surface area contributed by atoms with Crippen molar-refractivity contribution in [1.82, 2.24) is 14.8 Å². The van der Waals surface area contributed by atoms with Crippen molar-refractivity contribution in [1.29, 1.82) is 0 Å². The summed E-state index contributed by atoms with van der Waals surface area (Å²) in [5, 5.41) is 12.2. The fraction of sp³-hybridized carbons (Fsp3) is 0.0870. The minimum absolute atomic E-state index is 0.0809. The monoisotopic (exact) mass is 400 g/mol. The highest BCUT2D eigenvalue weighted by atomic mass is 32.2. The van der Waals surface area contributed by atoms with E-state index < -0.39 is 0 Å². The molecule has 0 spiro atoms. The lowest BCUT2D eigenvalue weighted by Gasteiger charge is -2.11. The summed E-state index contributed by atoms with van der Waals surface area (Å²) in [7, 11) is 1.91. The summed E-state index contributed by atoms with van der Waals surface area (Å²) in [5.41, 5.74) is 3.86. The van der Waals surface area contributed by atoms with E-state index in [9.17, 15) is 4.79 Å². The third-order valence-corrected chi connectivity index (χ3v) is 5.51.